The molecular formula is C17H16ClN3O2. The van der Waals surface area contributed by atoms with Crippen molar-refractivity contribution in [3.8, 4) is 11.5 Å². The number of fused-ring (bicyclic) bond motifs is 1. The number of hydrogen-bond acceptors (Lipinski definition) is 5. The first kappa shape index (κ1) is 15.5. The predicted octanol–water partition coefficient (Wildman–Crippen LogP) is 3.35. The van der Waals surface area contributed by atoms with Gasteiger partial charge in [-0.2, -0.15) is 5.10 Å². The van der Waals surface area contributed by atoms with Crippen molar-refractivity contribution in [1.82, 2.24) is 10.2 Å². The van der Waals surface area contributed by atoms with E-state index in [1.807, 2.05) is 42.5 Å². The summed E-state index contributed by atoms with van der Waals surface area (Å²) < 4.78 is 10.6. The van der Waals surface area contributed by atoms with Crippen molar-refractivity contribution in [2.45, 2.75) is 6.04 Å². The lowest BCUT2D eigenvalue weighted by molar-refractivity contribution is 0.354. The van der Waals surface area contributed by atoms with Crippen LogP contribution < -0.4 is 15.2 Å². The lowest BCUT2D eigenvalue weighted by Gasteiger charge is -2.16. The summed E-state index contributed by atoms with van der Waals surface area (Å²) in [6.07, 6.45) is 0. The molecule has 0 saturated carbocycles. The standard InChI is InChI=1S/C17H16ClN3O2/c1-22-13-8-7-10(9-14(13)23-2)15(19)16-11-5-3-4-6-12(11)17(18)21-20-16/h3-9,15H,19H2,1-2H3. The highest BCUT2D eigenvalue weighted by molar-refractivity contribution is 6.34. The maximum atomic E-state index is 6.41. The van der Waals surface area contributed by atoms with E-state index < -0.39 is 6.04 Å². The van der Waals surface area contributed by atoms with E-state index in [4.69, 9.17) is 26.8 Å². The van der Waals surface area contributed by atoms with Gasteiger partial charge < -0.3 is 15.2 Å². The highest BCUT2D eigenvalue weighted by Gasteiger charge is 2.18. The van der Waals surface area contributed by atoms with E-state index in [-0.39, 0.29) is 0 Å². The molecule has 1 unspecified atom stereocenters. The van der Waals surface area contributed by atoms with Crippen LogP contribution in [0.2, 0.25) is 5.15 Å². The summed E-state index contributed by atoms with van der Waals surface area (Å²) >= 11 is 6.12. The van der Waals surface area contributed by atoms with Gasteiger partial charge in [-0.25, -0.2) is 0 Å². The number of nitrogens with zero attached hydrogens (tertiary/aromatic N) is 2. The van der Waals surface area contributed by atoms with Crippen LogP contribution in [0.4, 0.5) is 0 Å². The lowest BCUT2D eigenvalue weighted by Crippen LogP contribution is -2.15. The largest absolute Gasteiger partial charge is 0.493 e. The molecule has 23 heavy (non-hydrogen) atoms. The molecule has 3 aromatic rings. The van der Waals surface area contributed by atoms with Crippen molar-refractivity contribution >= 4 is 22.4 Å². The summed E-state index contributed by atoms with van der Waals surface area (Å²) in [4.78, 5) is 0. The maximum Gasteiger partial charge on any atom is 0.161 e. The number of benzene rings is 2. The summed E-state index contributed by atoms with van der Waals surface area (Å²) in [5.41, 5.74) is 7.92. The van der Waals surface area contributed by atoms with E-state index in [1.54, 1.807) is 14.2 Å². The SMILES string of the molecule is COc1ccc(C(N)c2nnc(Cl)c3ccccc23)cc1OC. The molecule has 1 atom stereocenters. The zero-order chi connectivity index (χ0) is 16.4. The Hall–Kier alpha value is -2.37. The Morgan fingerprint density at radius 2 is 1.65 bits per heavy atom. The first-order chi connectivity index (χ1) is 11.2. The van der Waals surface area contributed by atoms with Crippen molar-refractivity contribution < 1.29 is 9.47 Å². The van der Waals surface area contributed by atoms with E-state index in [2.05, 4.69) is 10.2 Å². The molecule has 0 aliphatic carbocycles. The Morgan fingerprint density at radius 1 is 0.957 bits per heavy atom. The van der Waals surface area contributed by atoms with E-state index >= 15 is 0 Å². The van der Waals surface area contributed by atoms with E-state index in [0.717, 1.165) is 16.3 Å². The van der Waals surface area contributed by atoms with Gasteiger partial charge in [-0.1, -0.05) is 41.9 Å². The highest BCUT2D eigenvalue weighted by Crippen LogP contribution is 2.33. The third kappa shape index (κ3) is 2.81. The molecule has 0 aliphatic heterocycles. The van der Waals surface area contributed by atoms with Crippen molar-refractivity contribution in [3.63, 3.8) is 0 Å². The first-order valence-electron chi connectivity index (χ1n) is 7.04. The van der Waals surface area contributed by atoms with Gasteiger partial charge in [0.1, 0.15) is 0 Å². The fourth-order valence-corrected chi connectivity index (χ4v) is 2.73. The molecule has 0 amide bonds. The molecule has 118 valence electrons. The Kier molecular flexibility index (Phi) is 4.32. The fourth-order valence-electron chi connectivity index (χ4n) is 2.53. The second-order valence-electron chi connectivity index (χ2n) is 5.01. The summed E-state index contributed by atoms with van der Waals surface area (Å²) in [6.45, 7) is 0. The minimum Gasteiger partial charge on any atom is -0.493 e. The van der Waals surface area contributed by atoms with Crippen LogP contribution in [-0.4, -0.2) is 24.4 Å². The van der Waals surface area contributed by atoms with Gasteiger partial charge in [-0.3, -0.25) is 0 Å². The van der Waals surface area contributed by atoms with E-state index in [0.29, 0.717) is 22.3 Å². The number of halogens is 1. The summed E-state index contributed by atoms with van der Waals surface area (Å²) in [5.74, 6) is 1.27. The Morgan fingerprint density at radius 3 is 2.35 bits per heavy atom. The number of methoxy groups -OCH3 is 2. The molecule has 0 radical (unpaired) electrons. The lowest BCUT2D eigenvalue weighted by atomic mass is 10.00. The summed E-state index contributed by atoms with van der Waals surface area (Å²) in [6, 6.07) is 12.8. The third-order valence-corrected chi connectivity index (χ3v) is 4.01. The molecular weight excluding hydrogens is 314 g/mol. The predicted molar refractivity (Wildman–Crippen MR) is 90.1 cm³/mol. The van der Waals surface area contributed by atoms with Gasteiger partial charge in [0, 0.05) is 10.8 Å². The van der Waals surface area contributed by atoms with Gasteiger partial charge in [-0.15, -0.1) is 5.10 Å². The molecule has 0 spiro atoms. The second-order valence-corrected chi connectivity index (χ2v) is 5.37. The molecule has 6 heteroatoms. The minimum absolute atomic E-state index is 0.365. The normalized spacial score (nSPS) is 12.2. The third-order valence-electron chi connectivity index (χ3n) is 3.73. The zero-order valence-electron chi connectivity index (χ0n) is 12.8. The number of rotatable bonds is 4. The molecule has 0 bridgehead atoms. The number of aromatic nitrogens is 2. The van der Waals surface area contributed by atoms with E-state index in [1.165, 1.54) is 0 Å². The van der Waals surface area contributed by atoms with Crippen LogP contribution in [0.25, 0.3) is 10.8 Å². The van der Waals surface area contributed by atoms with Crippen LogP contribution >= 0.6 is 11.6 Å². The number of ether oxygens (including phenoxy) is 2. The van der Waals surface area contributed by atoms with Crippen LogP contribution in [-0.2, 0) is 0 Å². The first-order valence-corrected chi connectivity index (χ1v) is 7.41. The molecule has 2 N–H and O–H groups in total. The Balaban J connectivity index is 2.11. The van der Waals surface area contributed by atoms with Crippen LogP contribution in [0.5, 0.6) is 11.5 Å². The molecule has 1 aromatic heterocycles. The van der Waals surface area contributed by atoms with Gasteiger partial charge >= 0.3 is 0 Å². The van der Waals surface area contributed by atoms with Crippen molar-refractivity contribution in [1.29, 1.82) is 0 Å². The molecule has 1 heterocycles. The van der Waals surface area contributed by atoms with Gasteiger partial charge in [-0.05, 0) is 17.7 Å². The zero-order valence-corrected chi connectivity index (χ0v) is 13.5. The van der Waals surface area contributed by atoms with Crippen molar-refractivity contribution in [3.05, 3.63) is 58.9 Å². The molecule has 3 rings (SSSR count). The van der Waals surface area contributed by atoms with Crippen LogP contribution in [0, 0.1) is 0 Å². The van der Waals surface area contributed by atoms with Crippen LogP contribution in [0.3, 0.4) is 0 Å². The quantitative estimate of drug-likeness (QED) is 0.794. The number of nitrogens with two attached hydrogens (primary N) is 1. The summed E-state index contributed by atoms with van der Waals surface area (Å²) in [7, 11) is 3.18. The molecule has 0 fully saturated rings. The average molecular weight is 330 g/mol. The number of hydrogen-bond donors (Lipinski definition) is 1. The highest BCUT2D eigenvalue weighted by atomic mass is 35.5. The monoisotopic (exact) mass is 329 g/mol. The van der Waals surface area contributed by atoms with Crippen LogP contribution in [0.1, 0.15) is 17.3 Å². The molecule has 5 nitrogen and oxygen atoms in total. The molecule has 0 saturated heterocycles. The second kappa shape index (κ2) is 6.40. The van der Waals surface area contributed by atoms with Crippen molar-refractivity contribution in [2.24, 2.45) is 5.73 Å². The van der Waals surface area contributed by atoms with Gasteiger partial charge in [0.05, 0.1) is 26.0 Å². The van der Waals surface area contributed by atoms with Crippen LogP contribution in [0.15, 0.2) is 42.5 Å². The Labute approximate surface area is 139 Å². The Bertz CT molecular complexity index is 854. The molecule has 2 aromatic carbocycles. The average Bonchev–Trinajstić information content (AvgIpc) is 2.61. The summed E-state index contributed by atoms with van der Waals surface area (Å²) in [5, 5.41) is 10.3. The van der Waals surface area contributed by atoms with Gasteiger partial charge in [0.25, 0.3) is 0 Å². The molecule has 0 aliphatic rings. The van der Waals surface area contributed by atoms with Crippen molar-refractivity contribution in [2.75, 3.05) is 14.2 Å². The maximum absolute atomic E-state index is 6.41. The minimum atomic E-state index is -0.454. The van der Waals surface area contributed by atoms with Gasteiger partial charge in [0.2, 0.25) is 0 Å². The van der Waals surface area contributed by atoms with E-state index in [9.17, 15) is 0 Å². The van der Waals surface area contributed by atoms with Gasteiger partial charge in [0.15, 0.2) is 16.7 Å². The topological polar surface area (TPSA) is 70.3 Å². The fraction of sp³-hybridized carbons (Fsp3) is 0.176. The smallest absolute Gasteiger partial charge is 0.161 e.